The van der Waals surface area contributed by atoms with Crippen molar-refractivity contribution in [2.24, 2.45) is 0 Å². The minimum absolute atomic E-state index is 0.897. The Labute approximate surface area is 122 Å². The van der Waals surface area contributed by atoms with Crippen LogP contribution in [0.15, 0.2) is 59.5 Å². The third-order valence-corrected chi connectivity index (χ3v) is 4.81. The lowest BCUT2D eigenvalue weighted by Gasteiger charge is -2.09. The summed E-state index contributed by atoms with van der Waals surface area (Å²) < 4.78 is 11.5. The molecule has 2 heteroatoms. The Kier molecular flexibility index (Phi) is 3.83. The average Bonchev–Trinajstić information content (AvgIpc) is 2.97. The highest BCUT2D eigenvalue weighted by molar-refractivity contribution is 7.84. The molecule has 0 aliphatic heterocycles. The molecule has 0 bridgehead atoms. The quantitative estimate of drug-likeness (QED) is 0.809. The Morgan fingerprint density at radius 2 is 1.35 bits per heavy atom. The van der Waals surface area contributed by atoms with Gasteiger partial charge in [0, 0.05) is 22.0 Å². The van der Waals surface area contributed by atoms with Gasteiger partial charge in [-0.05, 0) is 53.7 Å². The maximum atomic E-state index is 11.5. The van der Waals surface area contributed by atoms with Gasteiger partial charge in [-0.2, -0.15) is 0 Å². The molecule has 1 atom stereocenters. The lowest BCUT2D eigenvalue weighted by atomic mass is 9.97. The van der Waals surface area contributed by atoms with Crippen molar-refractivity contribution in [1.29, 1.82) is 0 Å². The van der Waals surface area contributed by atoms with Gasteiger partial charge in [-0.1, -0.05) is 42.5 Å². The van der Waals surface area contributed by atoms with Crippen molar-refractivity contribution < 1.29 is 4.21 Å². The summed E-state index contributed by atoms with van der Waals surface area (Å²) in [7, 11) is -0.900. The molecule has 3 rings (SSSR count). The van der Waals surface area contributed by atoms with E-state index in [1.54, 1.807) is 6.26 Å². The van der Waals surface area contributed by atoms with Gasteiger partial charge >= 0.3 is 0 Å². The number of hydrogen-bond donors (Lipinski definition) is 0. The van der Waals surface area contributed by atoms with Crippen LogP contribution in [0, 0.1) is 0 Å². The molecule has 1 aliphatic rings. The molecule has 2 aromatic rings. The van der Waals surface area contributed by atoms with Gasteiger partial charge in [-0.15, -0.1) is 0 Å². The van der Waals surface area contributed by atoms with Crippen LogP contribution in [-0.4, -0.2) is 10.5 Å². The van der Waals surface area contributed by atoms with Crippen LogP contribution in [-0.2, 0) is 10.8 Å². The van der Waals surface area contributed by atoms with Crippen molar-refractivity contribution in [2.45, 2.75) is 24.2 Å². The number of benzene rings is 2. The standard InChI is InChI=1S/C18H18OS/c1-20(19)16-12-10-15(11-13-16)18-9-5-8-17(18)14-6-3-2-4-7-14/h2-4,6-7,10-13H,5,8-9H2,1H3. The summed E-state index contributed by atoms with van der Waals surface area (Å²) in [6.45, 7) is 0. The molecule has 1 nitrogen and oxygen atoms in total. The zero-order chi connectivity index (χ0) is 13.9. The fourth-order valence-corrected chi connectivity index (χ4v) is 3.39. The largest absolute Gasteiger partial charge is 0.255 e. The number of rotatable bonds is 3. The van der Waals surface area contributed by atoms with E-state index in [2.05, 4.69) is 42.5 Å². The van der Waals surface area contributed by atoms with Gasteiger partial charge < -0.3 is 0 Å². The van der Waals surface area contributed by atoms with Crippen molar-refractivity contribution in [3.8, 4) is 0 Å². The van der Waals surface area contributed by atoms with Crippen molar-refractivity contribution in [2.75, 3.05) is 6.26 Å². The normalized spacial score (nSPS) is 16.4. The highest BCUT2D eigenvalue weighted by atomic mass is 32.2. The Bertz CT molecular complexity index is 654. The molecular formula is C18H18OS. The molecule has 2 aromatic carbocycles. The zero-order valence-electron chi connectivity index (χ0n) is 11.6. The molecule has 102 valence electrons. The molecule has 0 heterocycles. The first-order valence-electron chi connectivity index (χ1n) is 6.97. The smallest absolute Gasteiger partial charge is 0.0498 e. The van der Waals surface area contributed by atoms with Crippen molar-refractivity contribution >= 4 is 21.9 Å². The van der Waals surface area contributed by atoms with Crippen LogP contribution in [0.3, 0.4) is 0 Å². The third kappa shape index (κ3) is 2.61. The van der Waals surface area contributed by atoms with Crippen LogP contribution >= 0.6 is 0 Å². The van der Waals surface area contributed by atoms with E-state index in [0.29, 0.717) is 0 Å². The molecule has 0 radical (unpaired) electrons. The van der Waals surface area contributed by atoms with E-state index in [-0.39, 0.29) is 0 Å². The summed E-state index contributed by atoms with van der Waals surface area (Å²) in [5.41, 5.74) is 5.53. The van der Waals surface area contributed by atoms with E-state index >= 15 is 0 Å². The second kappa shape index (κ2) is 5.76. The van der Waals surface area contributed by atoms with Crippen LogP contribution in [0.25, 0.3) is 11.1 Å². The van der Waals surface area contributed by atoms with E-state index in [1.807, 2.05) is 12.1 Å². The van der Waals surface area contributed by atoms with Gasteiger partial charge in [-0.3, -0.25) is 4.21 Å². The summed E-state index contributed by atoms with van der Waals surface area (Å²) >= 11 is 0. The summed E-state index contributed by atoms with van der Waals surface area (Å²) in [6, 6.07) is 18.8. The predicted molar refractivity (Wildman–Crippen MR) is 85.9 cm³/mol. The van der Waals surface area contributed by atoms with Crippen molar-refractivity contribution in [3.05, 3.63) is 65.7 Å². The first-order valence-corrected chi connectivity index (χ1v) is 8.53. The van der Waals surface area contributed by atoms with Crippen LogP contribution in [0.5, 0.6) is 0 Å². The number of hydrogen-bond acceptors (Lipinski definition) is 1. The summed E-state index contributed by atoms with van der Waals surface area (Å²) in [4.78, 5) is 0.897. The summed E-state index contributed by atoms with van der Waals surface area (Å²) in [5, 5.41) is 0. The van der Waals surface area contributed by atoms with Crippen LogP contribution in [0.1, 0.15) is 30.4 Å². The highest BCUT2D eigenvalue weighted by Crippen LogP contribution is 2.39. The molecule has 0 saturated carbocycles. The van der Waals surface area contributed by atoms with Gasteiger partial charge in [0.2, 0.25) is 0 Å². The first kappa shape index (κ1) is 13.3. The maximum absolute atomic E-state index is 11.5. The topological polar surface area (TPSA) is 17.1 Å². The Balaban J connectivity index is 2.01. The van der Waals surface area contributed by atoms with E-state index in [4.69, 9.17) is 0 Å². The van der Waals surface area contributed by atoms with Gasteiger partial charge in [0.15, 0.2) is 0 Å². The number of allylic oxidation sites excluding steroid dienone is 2. The summed E-state index contributed by atoms with van der Waals surface area (Å²) in [6.07, 6.45) is 5.24. The van der Waals surface area contributed by atoms with Crippen LogP contribution in [0.2, 0.25) is 0 Å². The molecule has 0 spiro atoms. The third-order valence-electron chi connectivity index (χ3n) is 3.87. The van der Waals surface area contributed by atoms with Gasteiger partial charge in [0.25, 0.3) is 0 Å². The predicted octanol–water partition coefficient (Wildman–Crippen LogP) is 4.52. The Morgan fingerprint density at radius 1 is 0.800 bits per heavy atom. The summed E-state index contributed by atoms with van der Waals surface area (Å²) in [5.74, 6) is 0. The average molecular weight is 282 g/mol. The first-order chi connectivity index (χ1) is 9.75. The monoisotopic (exact) mass is 282 g/mol. The van der Waals surface area contributed by atoms with Crippen LogP contribution in [0.4, 0.5) is 0 Å². The van der Waals surface area contributed by atoms with Gasteiger partial charge in [-0.25, -0.2) is 0 Å². The fraction of sp³-hybridized carbons (Fsp3) is 0.222. The lowest BCUT2D eigenvalue weighted by molar-refractivity contribution is 0.687. The van der Waals surface area contributed by atoms with E-state index in [1.165, 1.54) is 28.7 Å². The molecule has 1 unspecified atom stereocenters. The van der Waals surface area contributed by atoms with E-state index < -0.39 is 10.8 Å². The van der Waals surface area contributed by atoms with Crippen molar-refractivity contribution in [3.63, 3.8) is 0 Å². The van der Waals surface area contributed by atoms with Gasteiger partial charge in [0.05, 0.1) is 0 Å². The molecule has 0 saturated heterocycles. The SMILES string of the molecule is CS(=O)c1ccc(C2=C(c3ccccc3)CCC2)cc1. The lowest BCUT2D eigenvalue weighted by Crippen LogP contribution is -1.89. The molecule has 0 N–H and O–H groups in total. The molecule has 0 fully saturated rings. The van der Waals surface area contributed by atoms with E-state index in [9.17, 15) is 4.21 Å². The molecular weight excluding hydrogens is 264 g/mol. The van der Waals surface area contributed by atoms with Crippen molar-refractivity contribution in [1.82, 2.24) is 0 Å². The minimum atomic E-state index is -0.900. The zero-order valence-corrected chi connectivity index (χ0v) is 12.5. The van der Waals surface area contributed by atoms with Gasteiger partial charge in [0.1, 0.15) is 0 Å². The van der Waals surface area contributed by atoms with E-state index in [0.717, 1.165) is 17.7 Å². The minimum Gasteiger partial charge on any atom is -0.255 e. The fourth-order valence-electron chi connectivity index (χ4n) is 2.87. The Morgan fingerprint density at radius 3 is 1.90 bits per heavy atom. The molecule has 0 aromatic heterocycles. The molecule has 1 aliphatic carbocycles. The maximum Gasteiger partial charge on any atom is 0.0498 e. The molecule has 0 amide bonds. The Hall–Kier alpha value is -1.67. The highest BCUT2D eigenvalue weighted by Gasteiger charge is 2.17. The second-order valence-corrected chi connectivity index (χ2v) is 6.53. The van der Waals surface area contributed by atoms with Crippen LogP contribution < -0.4 is 0 Å². The second-order valence-electron chi connectivity index (χ2n) is 5.16. The molecule has 20 heavy (non-hydrogen) atoms.